The minimum Gasteiger partial charge on any atom is -0.497 e. The molecule has 1 aliphatic rings. The first-order valence-electron chi connectivity index (χ1n) is 21.9. The van der Waals surface area contributed by atoms with Crippen LogP contribution in [-0.2, 0) is 29.8 Å². The Bertz CT molecular complexity index is 2320. The van der Waals surface area contributed by atoms with Crippen molar-refractivity contribution in [3.05, 3.63) is 137 Å². The predicted molar refractivity (Wildman–Crippen MR) is 246 cm³/mol. The minimum atomic E-state index is -0.924. The fourth-order valence-electron chi connectivity index (χ4n) is 8.20. The van der Waals surface area contributed by atoms with Gasteiger partial charge in [0.25, 0.3) is 0 Å². The number of methoxy groups -OCH3 is 2. The van der Waals surface area contributed by atoms with Gasteiger partial charge < -0.3 is 28.3 Å². The summed E-state index contributed by atoms with van der Waals surface area (Å²) in [5, 5.41) is 0. The number of allylic oxidation sites excluding steroid dienone is 1. The van der Waals surface area contributed by atoms with E-state index < -0.39 is 18.2 Å². The molecule has 328 valence electrons. The number of aromatic nitrogens is 2. The van der Waals surface area contributed by atoms with Gasteiger partial charge in [-0.3, -0.25) is 0 Å². The summed E-state index contributed by atoms with van der Waals surface area (Å²) < 4.78 is 31.6. The highest BCUT2D eigenvalue weighted by atomic mass is 16.7. The fourth-order valence-corrected chi connectivity index (χ4v) is 8.20. The molecule has 0 amide bonds. The van der Waals surface area contributed by atoms with Crippen molar-refractivity contribution in [1.29, 1.82) is 0 Å². The first kappa shape index (κ1) is 45.7. The van der Waals surface area contributed by atoms with E-state index in [1.54, 1.807) is 39.6 Å². The number of carbonyl (C=O) groups excluding carboxylic acids is 2. The number of benzene rings is 4. The van der Waals surface area contributed by atoms with Crippen LogP contribution in [0.15, 0.2) is 109 Å². The standard InChI is InChI=1S/C53H64N2O7/c1-12-14-18-35(13-2)31-60-50(56)48(49(42-26-23-39(58-10)29-47(42)59-11)55-30-46(54-33-55)36-19-16-15-17-20-36)34(3)62-51(57)61-32-45-43-27-37(52(4,5)6)21-24-40(43)41-25-22-38(28-44(41)45)53(7,8)9/h15-17,19-30,33,35,45,49H,12-14,18,31-32H2,1-11H3. The van der Waals surface area contributed by atoms with E-state index in [0.29, 0.717) is 22.8 Å². The number of carbonyl (C=O) groups is 2. The van der Waals surface area contributed by atoms with Gasteiger partial charge in [0.05, 0.1) is 38.9 Å². The van der Waals surface area contributed by atoms with Gasteiger partial charge in [0.15, 0.2) is 0 Å². The van der Waals surface area contributed by atoms with Crippen LogP contribution in [-0.4, -0.2) is 49.1 Å². The quantitative estimate of drug-likeness (QED) is 0.0550. The molecule has 6 rings (SSSR count). The summed E-state index contributed by atoms with van der Waals surface area (Å²) in [7, 11) is 3.15. The molecule has 1 aliphatic carbocycles. The number of rotatable bonds is 16. The maximum Gasteiger partial charge on any atom is 0.513 e. The summed E-state index contributed by atoms with van der Waals surface area (Å²) >= 11 is 0. The molecule has 2 atom stereocenters. The number of nitrogens with zero attached hydrogens (tertiary/aromatic N) is 2. The lowest BCUT2D eigenvalue weighted by molar-refractivity contribution is -0.141. The normalized spacial score (nSPS) is 14.0. The SMILES string of the molecule is CCCCC(CC)COC(=O)C(=C(C)OC(=O)OCC1c2cc(C(C)(C)C)ccc2-c2ccc(C(C)(C)C)cc21)C(c1ccc(OC)cc1OC)n1cnc(-c2ccccc2)c1. The summed E-state index contributed by atoms with van der Waals surface area (Å²) in [6.07, 6.45) is 6.47. The van der Waals surface area contributed by atoms with Gasteiger partial charge in [0.2, 0.25) is 0 Å². The van der Waals surface area contributed by atoms with Crippen LogP contribution in [0.25, 0.3) is 22.4 Å². The van der Waals surface area contributed by atoms with Crippen LogP contribution in [0.2, 0.25) is 0 Å². The second-order valence-corrected chi connectivity index (χ2v) is 18.4. The Hall–Kier alpha value is -5.83. The van der Waals surface area contributed by atoms with Crippen LogP contribution in [0.1, 0.15) is 128 Å². The van der Waals surface area contributed by atoms with Gasteiger partial charge in [-0.15, -0.1) is 0 Å². The number of ether oxygens (including phenoxy) is 5. The van der Waals surface area contributed by atoms with Gasteiger partial charge >= 0.3 is 12.1 Å². The molecule has 0 saturated carbocycles. The molecule has 0 bridgehead atoms. The van der Waals surface area contributed by atoms with E-state index in [1.165, 1.54) is 11.1 Å². The Morgan fingerprint density at radius 3 is 2.00 bits per heavy atom. The molecule has 0 radical (unpaired) electrons. The Labute approximate surface area is 368 Å². The molecule has 0 aliphatic heterocycles. The molecule has 62 heavy (non-hydrogen) atoms. The molecule has 4 aromatic carbocycles. The molecule has 0 N–H and O–H groups in total. The lowest BCUT2D eigenvalue weighted by atomic mass is 9.83. The highest BCUT2D eigenvalue weighted by Gasteiger charge is 2.35. The third-order valence-electron chi connectivity index (χ3n) is 12.1. The summed E-state index contributed by atoms with van der Waals surface area (Å²) in [4.78, 5) is 33.5. The van der Waals surface area contributed by atoms with Crippen molar-refractivity contribution in [3.8, 4) is 33.9 Å². The van der Waals surface area contributed by atoms with E-state index in [9.17, 15) is 9.59 Å². The number of unbranched alkanes of at least 4 members (excludes halogenated alkanes) is 1. The van der Waals surface area contributed by atoms with Gasteiger partial charge in [0, 0.05) is 29.3 Å². The Kier molecular flexibility index (Phi) is 14.4. The number of fused-ring (bicyclic) bond motifs is 3. The van der Waals surface area contributed by atoms with Crippen LogP contribution in [0.4, 0.5) is 4.79 Å². The van der Waals surface area contributed by atoms with E-state index >= 15 is 0 Å². The molecule has 0 fully saturated rings. The monoisotopic (exact) mass is 840 g/mol. The summed E-state index contributed by atoms with van der Waals surface area (Å²) in [5.74, 6) is 0.405. The van der Waals surface area contributed by atoms with Crippen molar-refractivity contribution in [3.63, 3.8) is 0 Å². The number of hydrogen-bond donors (Lipinski definition) is 0. The summed E-state index contributed by atoms with van der Waals surface area (Å²) in [6.45, 7) is 19.3. The fraction of sp³-hybridized carbons (Fsp3) is 0.415. The number of imidazole rings is 1. The van der Waals surface area contributed by atoms with Gasteiger partial charge in [-0.2, -0.15) is 0 Å². The number of hydrogen-bond acceptors (Lipinski definition) is 8. The van der Waals surface area contributed by atoms with Gasteiger partial charge in [-0.25, -0.2) is 14.6 Å². The molecule has 9 heteroatoms. The van der Waals surface area contributed by atoms with Gasteiger partial charge in [-0.1, -0.05) is 141 Å². The van der Waals surface area contributed by atoms with E-state index in [2.05, 4.69) is 91.8 Å². The molecule has 1 aromatic heterocycles. The van der Waals surface area contributed by atoms with Crippen molar-refractivity contribution in [2.24, 2.45) is 5.92 Å². The van der Waals surface area contributed by atoms with Crippen molar-refractivity contribution in [2.45, 2.75) is 111 Å². The average Bonchev–Trinajstić information content (AvgIpc) is 3.87. The maximum atomic E-state index is 14.7. The highest BCUT2D eigenvalue weighted by molar-refractivity contribution is 5.91. The lowest BCUT2D eigenvalue weighted by Gasteiger charge is -2.26. The molecule has 5 aromatic rings. The Balaban J connectivity index is 1.41. The second-order valence-electron chi connectivity index (χ2n) is 18.4. The van der Waals surface area contributed by atoms with Crippen molar-refractivity contribution >= 4 is 12.1 Å². The Morgan fingerprint density at radius 1 is 0.790 bits per heavy atom. The molecule has 0 spiro atoms. The van der Waals surface area contributed by atoms with E-state index in [1.807, 2.05) is 47.2 Å². The van der Waals surface area contributed by atoms with Crippen LogP contribution in [0, 0.1) is 5.92 Å². The smallest absolute Gasteiger partial charge is 0.497 e. The molecule has 1 heterocycles. The van der Waals surface area contributed by atoms with E-state index in [0.717, 1.165) is 53.5 Å². The molecule has 2 unspecified atom stereocenters. The molecule has 9 nitrogen and oxygen atoms in total. The van der Waals surface area contributed by atoms with Crippen LogP contribution >= 0.6 is 0 Å². The second kappa shape index (κ2) is 19.5. The molecule has 0 saturated heterocycles. The van der Waals surface area contributed by atoms with E-state index in [4.69, 9.17) is 28.7 Å². The average molecular weight is 841 g/mol. The summed E-state index contributed by atoms with van der Waals surface area (Å²) in [6, 6.07) is 27.6. The van der Waals surface area contributed by atoms with Crippen molar-refractivity contribution in [1.82, 2.24) is 9.55 Å². The van der Waals surface area contributed by atoms with Gasteiger partial charge in [0.1, 0.15) is 29.4 Å². The Morgan fingerprint density at radius 2 is 1.44 bits per heavy atom. The van der Waals surface area contributed by atoms with Crippen LogP contribution < -0.4 is 9.47 Å². The zero-order chi connectivity index (χ0) is 44.8. The third kappa shape index (κ3) is 10.3. The van der Waals surface area contributed by atoms with Crippen LogP contribution in [0.3, 0.4) is 0 Å². The van der Waals surface area contributed by atoms with Crippen LogP contribution in [0.5, 0.6) is 11.5 Å². The first-order valence-corrected chi connectivity index (χ1v) is 21.9. The minimum absolute atomic E-state index is 0.0386. The van der Waals surface area contributed by atoms with Gasteiger partial charge in [-0.05, 0) is 75.6 Å². The zero-order valence-corrected chi connectivity index (χ0v) is 38.5. The first-order chi connectivity index (χ1) is 29.6. The predicted octanol–water partition coefficient (Wildman–Crippen LogP) is 12.8. The maximum absolute atomic E-state index is 14.7. The van der Waals surface area contributed by atoms with Crippen molar-refractivity contribution in [2.75, 3.05) is 27.4 Å². The molecular formula is C53H64N2O7. The number of esters is 1. The zero-order valence-electron chi connectivity index (χ0n) is 38.5. The lowest BCUT2D eigenvalue weighted by Crippen LogP contribution is -2.25. The topological polar surface area (TPSA) is 98.1 Å². The highest BCUT2D eigenvalue weighted by Crippen LogP contribution is 2.48. The summed E-state index contributed by atoms with van der Waals surface area (Å²) in [5.41, 5.74) is 9.03. The van der Waals surface area contributed by atoms with Crippen molar-refractivity contribution < 1.29 is 33.3 Å². The largest absolute Gasteiger partial charge is 0.513 e. The molecular weight excluding hydrogens is 777 g/mol. The third-order valence-corrected chi connectivity index (χ3v) is 12.1. The van der Waals surface area contributed by atoms with E-state index in [-0.39, 0.29) is 47.2 Å².